The predicted molar refractivity (Wildman–Crippen MR) is 147 cm³/mol. The van der Waals surface area contributed by atoms with Crippen molar-refractivity contribution in [2.24, 2.45) is 7.05 Å². The molecule has 1 saturated heterocycles. The third-order valence-electron chi connectivity index (χ3n) is 7.18. The molecule has 1 aliphatic heterocycles. The first-order chi connectivity index (χ1) is 20.4. The minimum absolute atomic E-state index is 0.0209. The molecule has 1 aromatic carbocycles. The lowest BCUT2D eigenvalue weighted by atomic mass is 10.2. The second-order valence-corrected chi connectivity index (χ2v) is 9.91. The van der Waals surface area contributed by atoms with Gasteiger partial charge in [0.15, 0.2) is 34.4 Å². The lowest BCUT2D eigenvalue weighted by Crippen LogP contribution is -2.47. The maximum Gasteiger partial charge on any atom is 0.225 e. The highest BCUT2D eigenvalue weighted by Crippen LogP contribution is 2.30. The van der Waals surface area contributed by atoms with Crippen LogP contribution in [0.3, 0.4) is 0 Å². The van der Waals surface area contributed by atoms with Gasteiger partial charge in [-0.25, -0.2) is 23.4 Å². The minimum Gasteiger partial charge on any atom is -0.482 e. The molecule has 0 spiro atoms. The second kappa shape index (κ2) is 10.4. The summed E-state index contributed by atoms with van der Waals surface area (Å²) in [4.78, 5) is 17.3. The van der Waals surface area contributed by atoms with E-state index in [2.05, 4.69) is 35.1 Å². The molecule has 0 bridgehead atoms. The Morgan fingerprint density at radius 1 is 1.02 bits per heavy atom. The monoisotopic (exact) mass is 576 g/mol. The van der Waals surface area contributed by atoms with E-state index in [4.69, 9.17) is 14.9 Å². The fourth-order valence-electron chi connectivity index (χ4n) is 5.04. The lowest BCUT2D eigenvalue weighted by Gasteiger charge is -2.36. The van der Waals surface area contributed by atoms with Gasteiger partial charge in [-0.2, -0.15) is 19.7 Å². The topological polar surface area (TPSA) is 146 Å². The number of nitrogens with zero attached hydrogens (tertiary/aromatic N) is 11. The summed E-state index contributed by atoms with van der Waals surface area (Å²) in [5.74, 6) is 0.0922. The van der Waals surface area contributed by atoms with E-state index in [1.165, 1.54) is 21.6 Å². The van der Waals surface area contributed by atoms with Crippen LogP contribution in [0.2, 0.25) is 0 Å². The van der Waals surface area contributed by atoms with Crippen LogP contribution in [0.15, 0.2) is 47.5 Å². The van der Waals surface area contributed by atoms with Crippen LogP contribution in [0.1, 0.15) is 5.82 Å². The number of aryl methyl sites for hydroxylation is 1. The summed E-state index contributed by atoms with van der Waals surface area (Å²) in [5.41, 5.74) is 7.65. The summed E-state index contributed by atoms with van der Waals surface area (Å²) in [6.07, 6.45) is 4.79. The van der Waals surface area contributed by atoms with E-state index >= 15 is 0 Å². The Kier molecular flexibility index (Phi) is 6.38. The first-order valence-corrected chi connectivity index (χ1v) is 13.3. The van der Waals surface area contributed by atoms with Crippen molar-refractivity contribution in [3.05, 3.63) is 60.5 Å². The molecule has 216 valence electrons. The fraction of sp³-hybridized carbons (Fsp3) is 0.308. The maximum atomic E-state index is 14.8. The predicted octanol–water partition coefficient (Wildman–Crippen LogP) is 2.12. The quantitative estimate of drug-likeness (QED) is 0.284. The van der Waals surface area contributed by atoms with Gasteiger partial charge in [0.2, 0.25) is 11.8 Å². The molecule has 16 heteroatoms. The summed E-state index contributed by atoms with van der Waals surface area (Å²) in [6, 6.07) is 5.80. The molecule has 0 unspecified atom stereocenters. The first kappa shape index (κ1) is 25.8. The Morgan fingerprint density at radius 3 is 2.64 bits per heavy atom. The number of piperazine rings is 1. The Labute approximate surface area is 236 Å². The first-order valence-electron chi connectivity index (χ1n) is 13.3. The van der Waals surface area contributed by atoms with Crippen LogP contribution in [-0.4, -0.2) is 81.8 Å². The molecule has 0 atom stereocenters. The summed E-state index contributed by atoms with van der Waals surface area (Å²) in [7, 11) is 1.73. The van der Waals surface area contributed by atoms with Crippen molar-refractivity contribution >= 4 is 28.3 Å². The number of benzene rings is 1. The molecule has 0 amide bonds. The van der Waals surface area contributed by atoms with Gasteiger partial charge in [0.05, 0.1) is 30.1 Å². The van der Waals surface area contributed by atoms with E-state index in [1.807, 2.05) is 4.90 Å². The van der Waals surface area contributed by atoms with E-state index in [0.717, 1.165) is 11.5 Å². The number of nitrogens with two attached hydrogens (primary N) is 1. The number of hydrogen-bond acceptors (Lipinski definition) is 11. The molecule has 14 nitrogen and oxygen atoms in total. The van der Waals surface area contributed by atoms with Crippen LogP contribution >= 0.6 is 0 Å². The Bertz CT molecular complexity index is 1870. The fourth-order valence-corrected chi connectivity index (χ4v) is 5.04. The van der Waals surface area contributed by atoms with Crippen molar-refractivity contribution in [1.82, 2.24) is 49.0 Å². The molecule has 1 aliphatic rings. The van der Waals surface area contributed by atoms with Gasteiger partial charge < -0.3 is 19.8 Å². The van der Waals surface area contributed by atoms with Crippen molar-refractivity contribution in [2.75, 3.05) is 43.4 Å². The highest BCUT2D eigenvalue weighted by molar-refractivity contribution is 5.90. The van der Waals surface area contributed by atoms with Gasteiger partial charge in [-0.3, -0.25) is 9.58 Å². The Morgan fingerprint density at radius 2 is 1.88 bits per heavy atom. The maximum absolute atomic E-state index is 14.8. The van der Waals surface area contributed by atoms with Crippen LogP contribution in [0, 0.1) is 11.6 Å². The molecule has 1 fully saturated rings. The van der Waals surface area contributed by atoms with Gasteiger partial charge in [0.25, 0.3) is 0 Å². The molecule has 0 saturated carbocycles. The molecular formula is C26H26F2N12O2. The average Bonchev–Trinajstić information content (AvgIpc) is 3.79. The van der Waals surface area contributed by atoms with Gasteiger partial charge >= 0.3 is 0 Å². The molecule has 0 radical (unpaired) electrons. The van der Waals surface area contributed by atoms with Gasteiger partial charge in [-0.15, -0.1) is 5.10 Å². The molecule has 2 N–H and O–H groups in total. The summed E-state index contributed by atoms with van der Waals surface area (Å²) in [5, 5.41) is 13.8. The number of halogens is 2. The zero-order chi connectivity index (χ0) is 28.8. The van der Waals surface area contributed by atoms with Crippen molar-refractivity contribution in [3.8, 4) is 17.3 Å². The molecule has 6 heterocycles. The number of nitrogen functional groups attached to an aromatic ring is 1. The van der Waals surface area contributed by atoms with Crippen molar-refractivity contribution in [3.63, 3.8) is 0 Å². The molecular weight excluding hydrogens is 550 g/mol. The minimum atomic E-state index is -0.771. The Balaban J connectivity index is 1.01. The number of hydrogen-bond donors (Lipinski definition) is 1. The van der Waals surface area contributed by atoms with E-state index in [0.29, 0.717) is 73.7 Å². The second-order valence-electron chi connectivity index (χ2n) is 9.91. The number of rotatable bonds is 8. The number of fused-ring (bicyclic) bond motifs is 3. The van der Waals surface area contributed by atoms with Gasteiger partial charge in [0.1, 0.15) is 18.8 Å². The number of furan rings is 1. The van der Waals surface area contributed by atoms with Crippen LogP contribution in [0.4, 0.5) is 20.4 Å². The van der Waals surface area contributed by atoms with Crippen LogP contribution < -0.4 is 15.4 Å². The summed E-state index contributed by atoms with van der Waals surface area (Å²) < 4.78 is 44.9. The summed E-state index contributed by atoms with van der Waals surface area (Å²) in [6.45, 7) is 3.72. The molecule has 42 heavy (non-hydrogen) atoms. The highest BCUT2D eigenvalue weighted by Gasteiger charge is 2.23. The van der Waals surface area contributed by atoms with Crippen molar-refractivity contribution in [1.29, 1.82) is 0 Å². The van der Waals surface area contributed by atoms with Crippen LogP contribution in [0.5, 0.6) is 5.75 Å². The number of aromatic nitrogens is 9. The van der Waals surface area contributed by atoms with Gasteiger partial charge in [-0.1, -0.05) is 0 Å². The van der Waals surface area contributed by atoms with E-state index in [-0.39, 0.29) is 18.3 Å². The number of ether oxygens (including phenoxy) is 1. The van der Waals surface area contributed by atoms with E-state index < -0.39 is 11.6 Å². The number of anilines is 2. The van der Waals surface area contributed by atoms with Crippen molar-refractivity contribution in [2.45, 2.75) is 13.2 Å². The normalized spacial score (nSPS) is 14.4. The van der Waals surface area contributed by atoms with Gasteiger partial charge in [-0.05, 0) is 12.1 Å². The smallest absolute Gasteiger partial charge is 0.225 e. The van der Waals surface area contributed by atoms with E-state index in [1.54, 1.807) is 36.3 Å². The van der Waals surface area contributed by atoms with E-state index in [9.17, 15) is 8.78 Å². The molecule has 0 aliphatic carbocycles. The molecule has 5 aromatic heterocycles. The third kappa shape index (κ3) is 4.74. The third-order valence-corrected chi connectivity index (χ3v) is 7.18. The SMILES string of the molecule is Cn1cnc(COc2cc(N3CCN(CCn4ncc5c4nc(N)n4nc(-c6ccco6)nc54)CC3)c(F)cc2F)n1. The van der Waals surface area contributed by atoms with Crippen LogP contribution in [0.25, 0.3) is 28.3 Å². The lowest BCUT2D eigenvalue weighted by molar-refractivity contribution is 0.244. The molecule has 6 aromatic rings. The standard InChI is InChI=1S/C26H26F2N12O2/c1-36-15-30-22(34-36)14-42-21-12-19(17(27)11-18(21)28)38-7-4-37(5-8-38)6-9-39-24-16(13-31-39)25-32-23(20-3-2-10-41-20)35-40(25)26(29)33-24/h2-3,10-13,15H,4-9,14H2,1H3,(H2,29,33). The van der Waals surface area contributed by atoms with Crippen molar-refractivity contribution < 1.29 is 17.9 Å². The van der Waals surface area contributed by atoms with Gasteiger partial charge in [0, 0.05) is 51.9 Å². The zero-order valence-corrected chi connectivity index (χ0v) is 22.6. The largest absolute Gasteiger partial charge is 0.482 e. The highest BCUT2D eigenvalue weighted by atomic mass is 19.1. The Hall–Kier alpha value is -5.12. The average molecular weight is 577 g/mol. The van der Waals surface area contributed by atoms with Crippen LogP contribution in [-0.2, 0) is 20.2 Å². The summed E-state index contributed by atoms with van der Waals surface area (Å²) >= 11 is 0. The molecule has 7 rings (SSSR count). The zero-order valence-electron chi connectivity index (χ0n) is 22.6.